The molecule has 26 heavy (non-hydrogen) atoms. The Kier molecular flexibility index (Phi) is 5.11. The summed E-state index contributed by atoms with van der Waals surface area (Å²) >= 11 is 0. The molecule has 0 aliphatic carbocycles. The van der Waals surface area contributed by atoms with Gasteiger partial charge in [0.1, 0.15) is 11.5 Å². The minimum Gasteiger partial charge on any atom is -0.338 e. The van der Waals surface area contributed by atoms with Crippen molar-refractivity contribution in [1.82, 2.24) is 14.7 Å². The van der Waals surface area contributed by atoms with Crippen LogP contribution in [0.4, 0.5) is 23.8 Å². The molecule has 8 heteroatoms. The van der Waals surface area contributed by atoms with Crippen molar-refractivity contribution in [3.05, 3.63) is 66.0 Å². The molecule has 0 aliphatic rings. The van der Waals surface area contributed by atoms with E-state index < -0.39 is 11.7 Å². The van der Waals surface area contributed by atoms with Gasteiger partial charge in [-0.1, -0.05) is 24.3 Å². The van der Waals surface area contributed by atoms with Crippen LogP contribution in [0.25, 0.3) is 5.65 Å². The van der Waals surface area contributed by atoms with Crippen molar-refractivity contribution in [3.8, 4) is 0 Å². The van der Waals surface area contributed by atoms with Crippen LogP contribution in [0, 0.1) is 0 Å². The van der Waals surface area contributed by atoms with Gasteiger partial charge in [-0.25, -0.2) is 9.78 Å². The molecule has 2 N–H and O–H groups in total. The van der Waals surface area contributed by atoms with Crippen molar-refractivity contribution < 1.29 is 18.0 Å². The number of alkyl halides is 3. The first kappa shape index (κ1) is 17.8. The fraction of sp³-hybridized carbons (Fsp3) is 0.222. The van der Waals surface area contributed by atoms with Crippen LogP contribution in [0.2, 0.25) is 0 Å². The highest BCUT2D eigenvalue weighted by Crippen LogP contribution is 2.29. The quantitative estimate of drug-likeness (QED) is 0.671. The first-order valence-electron chi connectivity index (χ1n) is 8.06. The number of hydrogen-bond donors (Lipinski definition) is 2. The Bertz CT molecular complexity index is 905. The third kappa shape index (κ3) is 4.33. The van der Waals surface area contributed by atoms with E-state index in [1.807, 2.05) is 18.2 Å². The number of nitrogens with zero attached hydrogens (tertiary/aromatic N) is 2. The fourth-order valence-electron chi connectivity index (χ4n) is 2.58. The number of hydrogen-bond acceptors (Lipinski definition) is 2. The van der Waals surface area contributed by atoms with Crippen LogP contribution in [0.15, 0.2) is 54.9 Å². The Labute approximate surface area is 147 Å². The molecule has 3 rings (SSSR count). The lowest BCUT2D eigenvalue weighted by atomic mass is 10.1. The summed E-state index contributed by atoms with van der Waals surface area (Å²) in [7, 11) is 0. The third-order valence-corrected chi connectivity index (χ3v) is 3.84. The molecule has 5 nitrogen and oxygen atoms in total. The van der Waals surface area contributed by atoms with Gasteiger partial charge in [0.05, 0.1) is 11.8 Å². The van der Waals surface area contributed by atoms with Gasteiger partial charge in [-0.05, 0) is 36.6 Å². The van der Waals surface area contributed by atoms with Crippen molar-refractivity contribution in [2.24, 2.45) is 0 Å². The van der Waals surface area contributed by atoms with Gasteiger partial charge >= 0.3 is 12.2 Å². The molecule has 0 aliphatic heterocycles. The van der Waals surface area contributed by atoms with E-state index in [0.717, 1.165) is 12.1 Å². The zero-order valence-electron chi connectivity index (χ0n) is 13.8. The van der Waals surface area contributed by atoms with E-state index in [9.17, 15) is 18.0 Å². The highest BCUT2D eigenvalue weighted by molar-refractivity contribution is 5.88. The van der Waals surface area contributed by atoms with Gasteiger partial charge in [0, 0.05) is 12.7 Å². The minimum atomic E-state index is -4.35. The van der Waals surface area contributed by atoms with Crippen molar-refractivity contribution in [2.45, 2.75) is 19.0 Å². The van der Waals surface area contributed by atoms with Crippen molar-refractivity contribution in [3.63, 3.8) is 0 Å². The van der Waals surface area contributed by atoms with Crippen LogP contribution in [-0.2, 0) is 12.6 Å². The Morgan fingerprint density at radius 2 is 2.00 bits per heavy atom. The summed E-state index contributed by atoms with van der Waals surface area (Å²) in [5.41, 5.74) is 0.643. The predicted octanol–water partition coefficient (Wildman–Crippen LogP) is 4.11. The highest BCUT2D eigenvalue weighted by Gasteiger charge is 2.30. The SMILES string of the molecule is O=C(NCCCc1cccc(C(F)(F)F)c1)Nc1cnc2ccccn12. The van der Waals surface area contributed by atoms with E-state index in [1.54, 1.807) is 22.9 Å². The predicted molar refractivity (Wildman–Crippen MR) is 92.0 cm³/mol. The summed E-state index contributed by atoms with van der Waals surface area (Å²) in [5.74, 6) is 0.538. The molecule has 0 radical (unpaired) electrons. The molecular weight excluding hydrogens is 345 g/mol. The number of pyridine rings is 1. The van der Waals surface area contributed by atoms with Crippen molar-refractivity contribution >= 4 is 17.5 Å². The third-order valence-electron chi connectivity index (χ3n) is 3.84. The molecule has 0 spiro atoms. The van der Waals surface area contributed by atoms with Crippen LogP contribution >= 0.6 is 0 Å². The number of urea groups is 1. The number of aromatic nitrogens is 2. The number of fused-ring (bicyclic) bond motifs is 1. The van der Waals surface area contributed by atoms with E-state index in [0.29, 0.717) is 36.4 Å². The Balaban J connectivity index is 1.47. The second kappa shape index (κ2) is 7.47. The van der Waals surface area contributed by atoms with Gasteiger partial charge in [0.15, 0.2) is 0 Å². The Morgan fingerprint density at radius 3 is 2.81 bits per heavy atom. The lowest BCUT2D eigenvalue weighted by Gasteiger charge is -2.09. The number of anilines is 1. The maximum Gasteiger partial charge on any atom is 0.416 e. The van der Waals surface area contributed by atoms with Gasteiger partial charge in [-0.15, -0.1) is 0 Å². The van der Waals surface area contributed by atoms with E-state index >= 15 is 0 Å². The molecule has 3 aromatic rings. The second-order valence-corrected chi connectivity index (χ2v) is 5.75. The lowest BCUT2D eigenvalue weighted by molar-refractivity contribution is -0.137. The summed E-state index contributed by atoms with van der Waals surface area (Å²) in [6, 6.07) is 10.3. The summed E-state index contributed by atoms with van der Waals surface area (Å²) < 4.78 is 39.8. The molecule has 0 bridgehead atoms. The highest BCUT2D eigenvalue weighted by atomic mass is 19.4. The molecular formula is C18H17F3N4O. The molecule has 2 amide bonds. The maximum absolute atomic E-state index is 12.7. The topological polar surface area (TPSA) is 58.4 Å². The van der Waals surface area contributed by atoms with Gasteiger partial charge in [-0.3, -0.25) is 9.72 Å². The number of imidazole rings is 1. The van der Waals surface area contributed by atoms with Gasteiger partial charge in [-0.2, -0.15) is 13.2 Å². The molecule has 2 aromatic heterocycles. The van der Waals surface area contributed by atoms with Crippen LogP contribution in [-0.4, -0.2) is 22.0 Å². The molecule has 0 saturated carbocycles. The first-order chi connectivity index (χ1) is 12.4. The van der Waals surface area contributed by atoms with E-state index in [1.165, 1.54) is 6.07 Å². The molecule has 0 saturated heterocycles. The van der Waals surface area contributed by atoms with E-state index in [2.05, 4.69) is 15.6 Å². The minimum absolute atomic E-state index is 0.346. The fourth-order valence-corrected chi connectivity index (χ4v) is 2.58. The van der Waals surface area contributed by atoms with E-state index in [-0.39, 0.29) is 6.03 Å². The Morgan fingerprint density at radius 1 is 1.15 bits per heavy atom. The summed E-state index contributed by atoms with van der Waals surface area (Å²) in [6.07, 6.45) is -0.0347. The number of benzene rings is 1. The number of rotatable bonds is 5. The first-order valence-corrected chi connectivity index (χ1v) is 8.06. The number of halogens is 3. The van der Waals surface area contributed by atoms with E-state index in [4.69, 9.17) is 0 Å². The largest absolute Gasteiger partial charge is 0.416 e. The molecule has 0 atom stereocenters. The Hall–Kier alpha value is -3.03. The average Bonchev–Trinajstić information content (AvgIpc) is 3.01. The smallest absolute Gasteiger partial charge is 0.338 e. The number of aryl methyl sites for hydroxylation is 1. The standard InChI is InChI=1S/C18H17F3N4O/c19-18(20,21)14-7-3-5-13(11-14)6-4-9-22-17(26)24-16-12-23-15-8-1-2-10-25(15)16/h1-3,5,7-8,10-12H,4,6,9H2,(H2,22,24,26). The summed E-state index contributed by atoms with van der Waals surface area (Å²) in [6.45, 7) is 0.346. The normalized spacial score (nSPS) is 11.5. The van der Waals surface area contributed by atoms with Crippen LogP contribution in [0.3, 0.4) is 0 Å². The molecule has 1 aromatic carbocycles. The number of amides is 2. The van der Waals surface area contributed by atoms with Crippen LogP contribution < -0.4 is 10.6 Å². The van der Waals surface area contributed by atoms with Gasteiger partial charge in [0.2, 0.25) is 0 Å². The van der Waals surface area contributed by atoms with Gasteiger partial charge in [0.25, 0.3) is 0 Å². The van der Waals surface area contributed by atoms with Gasteiger partial charge < -0.3 is 5.32 Å². The second-order valence-electron chi connectivity index (χ2n) is 5.75. The maximum atomic E-state index is 12.7. The van der Waals surface area contributed by atoms with Crippen LogP contribution in [0.5, 0.6) is 0 Å². The molecule has 0 fully saturated rings. The van der Waals surface area contributed by atoms with Crippen LogP contribution in [0.1, 0.15) is 17.5 Å². The number of carbonyl (C=O) groups is 1. The molecule has 136 valence electrons. The zero-order chi connectivity index (χ0) is 18.6. The molecule has 2 heterocycles. The summed E-state index contributed by atoms with van der Waals surface area (Å²) in [5, 5.41) is 5.38. The lowest BCUT2D eigenvalue weighted by Crippen LogP contribution is -2.30. The average molecular weight is 362 g/mol. The molecule has 0 unspecified atom stereocenters. The number of carbonyl (C=O) groups excluding carboxylic acids is 1. The number of nitrogens with one attached hydrogen (secondary N) is 2. The van der Waals surface area contributed by atoms with Crippen molar-refractivity contribution in [2.75, 3.05) is 11.9 Å². The zero-order valence-corrected chi connectivity index (χ0v) is 13.8. The van der Waals surface area contributed by atoms with Crippen molar-refractivity contribution in [1.29, 1.82) is 0 Å². The summed E-state index contributed by atoms with van der Waals surface area (Å²) in [4.78, 5) is 16.1. The monoisotopic (exact) mass is 362 g/mol.